The monoisotopic (exact) mass is 271 g/mol. The van der Waals surface area contributed by atoms with Gasteiger partial charge in [0.15, 0.2) is 0 Å². The highest BCUT2D eigenvalue weighted by Gasteiger charge is 2.19. The van der Waals surface area contributed by atoms with Gasteiger partial charge in [-0.15, -0.1) is 0 Å². The van der Waals surface area contributed by atoms with Gasteiger partial charge in [-0.3, -0.25) is 0 Å². The van der Waals surface area contributed by atoms with E-state index in [1.54, 1.807) is 5.56 Å². The van der Waals surface area contributed by atoms with Crippen LogP contribution in [-0.2, 0) is 6.42 Å². The van der Waals surface area contributed by atoms with Gasteiger partial charge >= 0.3 is 0 Å². The highest BCUT2D eigenvalue weighted by Crippen LogP contribution is 2.32. The predicted octanol–water partition coefficient (Wildman–Crippen LogP) is 4.81. The zero-order valence-electron chi connectivity index (χ0n) is 12.7. The molecular weight excluding hydrogens is 242 g/mol. The van der Waals surface area contributed by atoms with E-state index in [1.807, 2.05) is 0 Å². The Balaban J connectivity index is 1.38. The molecule has 0 aliphatic heterocycles. The van der Waals surface area contributed by atoms with Gasteiger partial charge in [0.2, 0.25) is 0 Å². The zero-order chi connectivity index (χ0) is 13.6. The fourth-order valence-corrected chi connectivity index (χ4v) is 3.44. The Labute approximate surface area is 124 Å². The molecule has 0 bridgehead atoms. The fraction of sp³-hybridized carbons (Fsp3) is 0.684. The smallest absolute Gasteiger partial charge is 0.00682 e. The molecule has 2 aliphatic carbocycles. The summed E-state index contributed by atoms with van der Waals surface area (Å²) in [5.41, 5.74) is 3.11. The highest BCUT2D eigenvalue weighted by atomic mass is 14.9. The highest BCUT2D eigenvalue weighted by molar-refractivity contribution is 5.25. The Morgan fingerprint density at radius 2 is 1.60 bits per heavy atom. The minimum absolute atomic E-state index is 0.848. The molecule has 3 rings (SSSR count). The molecule has 0 aromatic heterocycles. The summed E-state index contributed by atoms with van der Waals surface area (Å²) in [7, 11) is 0. The molecule has 2 saturated carbocycles. The molecule has 1 nitrogen and oxygen atoms in total. The molecule has 2 aliphatic rings. The quantitative estimate of drug-likeness (QED) is 0.702. The first kappa shape index (κ1) is 14.1. The van der Waals surface area contributed by atoms with Crippen LogP contribution in [0.4, 0.5) is 0 Å². The number of hydrogen-bond acceptors (Lipinski definition) is 1. The maximum Gasteiger partial charge on any atom is 0.00682 e. The van der Waals surface area contributed by atoms with Gasteiger partial charge in [-0.05, 0) is 68.5 Å². The molecule has 0 unspecified atom stereocenters. The third-order valence-corrected chi connectivity index (χ3v) is 4.96. The average Bonchev–Trinajstić information content (AvgIpc) is 3.33. The normalized spacial score (nSPS) is 20.2. The summed E-state index contributed by atoms with van der Waals surface area (Å²) >= 11 is 0. The minimum Gasteiger partial charge on any atom is -0.314 e. The van der Waals surface area contributed by atoms with Crippen molar-refractivity contribution in [2.75, 3.05) is 6.54 Å². The molecule has 0 saturated heterocycles. The predicted molar refractivity (Wildman–Crippen MR) is 86.2 cm³/mol. The van der Waals surface area contributed by atoms with E-state index in [-0.39, 0.29) is 0 Å². The van der Waals surface area contributed by atoms with Crippen LogP contribution in [0.3, 0.4) is 0 Å². The summed E-state index contributed by atoms with van der Waals surface area (Å²) in [6.45, 7) is 1.21. The fourth-order valence-electron chi connectivity index (χ4n) is 3.44. The molecule has 0 heterocycles. The number of nitrogens with one attached hydrogen (secondary N) is 1. The number of benzene rings is 1. The van der Waals surface area contributed by atoms with E-state index in [9.17, 15) is 0 Å². The van der Waals surface area contributed by atoms with Gasteiger partial charge in [0.25, 0.3) is 0 Å². The van der Waals surface area contributed by atoms with Crippen molar-refractivity contribution in [3.05, 3.63) is 35.4 Å². The van der Waals surface area contributed by atoms with E-state index in [1.165, 1.54) is 76.3 Å². The number of hydrogen-bond donors (Lipinski definition) is 1. The van der Waals surface area contributed by atoms with Crippen molar-refractivity contribution in [1.29, 1.82) is 0 Å². The van der Waals surface area contributed by atoms with E-state index in [0.717, 1.165) is 12.0 Å². The molecule has 110 valence electrons. The number of rotatable bonds is 7. The van der Waals surface area contributed by atoms with Crippen LogP contribution in [0.5, 0.6) is 0 Å². The van der Waals surface area contributed by atoms with E-state index in [4.69, 9.17) is 0 Å². The molecular formula is C19H29N. The van der Waals surface area contributed by atoms with Gasteiger partial charge in [-0.2, -0.15) is 0 Å². The Bertz CT molecular complexity index is 385. The van der Waals surface area contributed by atoms with E-state index >= 15 is 0 Å². The first-order valence-electron chi connectivity index (χ1n) is 8.74. The maximum atomic E-state index is 3.59. The average molecular weight is 271 g/mol. The second kappa shape index (κ2) is 7.26. The first-order valence-corrected chi connectivity index (χ1v) is 8.74. The van der Waals surface area contributed by atoms with E-state index in [2.05, 4.69) is 29.6 Å². The van der Waals surface area contributed by atoms with Gasteiger partial charge in [0.05, 0.1) is 0 Å². The second-order valence-corrected chi connectivity index (χ2v) is 6.76. The van der Waals surface area contributed by atoms with Gasteiger partial charge in [-0.1, -0.05) is 43.5 Å². The Morgan fingerprint density at radius 3 is 2.30 bits per heavy atom. The van der Waals surface area contributed by atoms with Gasteiger partial charge in [-0.25, -0.2) is 0 Å². The third kappa shape index (κ3) is 4.34. The van der Waals surface area contributed by atoms with Crippen LogP contribution in [0.2, 0.25) is 0 Å². The van der Waals surface area contributed by atoms with Gasteiger partial charge < -0.3 is 5.32 Å². The third-order valence-electron chi connectivity index (χ3n) is 4.96. The first-order chi connectivity index (χ1) is 9.92. The van der Waals surface area contributed by atoms with Crippen molar-refractivity contribution in [1.82, 2.24) is 5.32 Å². The van der Waals surface area contributed by atoms with Gasteiger partial charge in [0, 0.05) is 6.04 Å². The molecule has 1 aromatic rings. The Morgan fingerprint density at radius 1 is 0.850 bits per heavy atom. The molecule has 0 atom stereocenters. The summed E-state index contributed by atoms with van der Waals surface area (Å²) in [6.07, 6.45) is 13.8. The molecule has 2 fully saturated rings. The zero-order valence-corrected chi connectivity index (χ0v) is 12.7. The lowest BCUT2D eigenvalue weighted by molar-refractivity contribution is 0.443. The summed E-state index contributed by atoms with van der Waals surface area (Å²) in [5.74, 6) is 0.848. The molecule has 1 N–H and O–H groups in total. The standard InChI is InChI=1S/C19H29N/c1-2-7-17(8-3-1)18-11-9-16(10-12-18)6-4-5-15-20-19-13-14-19/h9-12,17,19-20H,1-8,13-15H2. The lowest BCUT2D eigenvalue weighted by atomic mass is 9.84. The van der Waals surface area contributed by atoms with E-state index in [0.29, 0.717) is 0 Å². The Hall–Kier alpha value is -0.820. The topological polar surface area (TPSA) is 12.0 Å². The van der Waals surface area contributed by atoms with Crippen LogP contribution >= 0.6 is 0 Å². The van der Waals surface area contributed by atoms with Crippen molar-refractivity contribution >= 4 is 0 Å². The van der Waals surface area contributed by atoms with Crippen LogP contribution in [0.1, 0.15) is 74.8 Å². The molecule has 0 amide bonds. The molecule has 0 spiro atoms. The van der Waals surface area contributed by atoms with Crippen LogP contribution in [-0.4, -0.2) is 12.6 Å². The van der Waals surface area contributed by atoms with Gasteiger partial charge in [0.1, 0.15) is 0 Å². The minimum atomic E-state index is 0.848. The molecule has 20 heavy (non-hydrogen) atoms. The number of unbranched alkanes of at least 4 members (excludes halogenated alkanes) is 1. The molecule has 1 heteroatoms. The summed E-state index contributed by atoms with van der Waals surface area (Å²) in [4.78, 5) is 0. The number of aryl methyl sites for hydroxylation is 1. The lowest BCUT2D eigenvalue weighted by Gasteiger charge is -2.22. The van der Waals surface area contributed by atoms with Crippen molar-refractivity contribution in [3.8, 4) is 0 Å². The summed E-state index contributed by atoms with van der Waals surface area (Å²) < 4.78 is 0. The van der Waals surface area contributed by atoms with E-state index < -0.39 is 0 Å². The Kier molecular flexibility index (Phi) is 5.13. The maximum absolute atomic E-state index is 3.59. The summed E-state index contributed by atoms with van der Waals surface area (Å²) in [5, 5.41) is 3.59. The van der Waals surface area contributed by atoms with Crippen molar-refractivity contribution in [2.45, 2.75) is 76.2 Å². The van der Waals surface area contributed by atoms with Crippen LogP contribution in [0.25, 0.3) is 0 Å². The van der Waals surface area contributed by atoms with Crippen LogP contribution < -0.4 is 5.32 Å². The molecule has 1 aromatic carbocycles. The van der Waals surface area contributed by atoms with Crippen molar-refractivity contribution < 1.29 is 0 Å². The lowest BCUT2D eigenvalue weighted by Crippen LogP contribution is -2.17. The largest absolute Gasteiger partial charge is 0.314 e. The van der Waals surface area contributed by atoms with Crippen molar-refractivity contribution in [3.63, 3.8) is 0 Å². The van der Waals surface area contributed by atoms with Crippen LogP contribution in [0.15, 0.2) is 24.3 Å². The molecule has 0 radical (unpaired) electrons. The van der Waals surface area contributed by atoms with Crippen LogP contribution in [0, 0.1) is 0 Å². The van der Waals surface area contributed by atoms with Crippen molar-refractivity contribution in [2.24, 2.45) is 0 Å². The second-order valence-electron chi connectivity index (χ2n) is 6.76. The SMILES string of the molecule is c1cc(C2CCCCC2)ccc1CCCCNC1CC1. The summed E-state index contributed by atoms with van der Waals surface area (Å²) in [6, 6.07) is 10.4.